The first-order chi connectivity index (χ1) is 11.0. The van der Waals surface area contributed by atoms with E-state index in [4.69, 9.17) is 0 Å². The van der Waals surface area contributed by atoms with E-state index in [9.17, 15) is 9.59 Å². The number of hydrogen-bond acceptors (Lipinski definition) is 3. The summed E-state index contributed by atoms with van der Waals surface area (Å²) in [5.41, 5.74) is 1.49. The summed E-state index contributed by atoms with van der Waals surface area (Å²) in [5.74, 6) is -0.0184. The first-order valence-electron chi connectivity index (χ1n) is 8.32. The number of pyridine rings is 1. The average molecular weight is 318 g/mol. The molecule has 23 heavy (non-hydrogen) atoms. The summed E-state index contributed by atoms with van der Waals surface area (Å²) in [5, 5.41) is 3.04. The highest BCUT2D eigenvalue weighted by atomic mass is 16.2. The molecular formula is C17H26N4O2. The minimum absolute atomic E-state index is 0.0184. The quantitative estimate of drug-likeness (QED) is 0.903. The summed E-state index contributed by atoms with van der Waals surface area (Å²) in [4.78, 5) is 32.4. The monoisotopic (exact) mass is 318 g/mol. The van der Waals surface area contributed by atoms with Crippen LogP contribution in [0.2, 0.25) is 0 Å². The number of amides is 3. The van der Waals surface area contributed by atoms with Crippen LogP contribution in [0.3, 0.4) is 0 Å². The van der Waals surface area contributed by atoms with Gasteiger partial charge in [-0.05, 0) is 38.8 Å². The van der Waals surface area contributed by atoms with Crippen molar-refractivity contribution in [2.75, 3.05) is 26.2 Å². The van der Waals surface area contributed by atoms with Gasteiger partial charge in [0.1, 0.15) is 0 Å². The molecule has 0 spiro atoms. The molecule has 0 saturated carbocycles. The summed E-state index contributed by atoms with van der Waals surface area (Å²) >= 11 is 0. The predicted octanol–water partition coefficient (Wildman–Crippen LogP) is 2.05. The predicted molar refractivity (Wildman–Crippen MR) is 89.4 cm³/mol. The van der Waals surface area contributed by atoms with Crippen LogP contribution in [-0.4, -0.2) is 58.9 Å². The van der Waals surface area contributed by atoms with Crippen molar-refractivity contribution in [2.24, 2.45) is 0 Å². The Balaban J connectivity index is 1.89. The molecule has 1 aliphatic rings. The molecule has 1 aliphatic heterocycles. The zero-order valence-corrected chi connectivity index (χ0v) is 14.2. The van der Waals surface area contributed by atoms with Crippen LogP contribution in [0.25, 0.3) is 0 Å². The number of carbonyl (C=O) groups excluding carboxylic acids is 2. The lowest BCUT2D eigenvalue weighted by atomic mass is 10.2. The number of likely N-dealkylation sites (tertiary alicyclic amines) is 1. The highest BCUT2D eigenvalue weighted by Gasteiger charge is 2.28. The lowest BCUT2D eigenvalue weighted by molar-refractivity contribution is 0.0788. The first kappa shape index (κ1) is 17.2. The molecule has 1 unspecified atom stereocenters. The van der Waals surface area contributed by atoms with Gasteiger partial charge in [0.05, 0.1) is 5.56 Å². The van der Waals surface area contributed by atoms with Crippen LogP contribution >= 0.6 is 0 Å². The van der Waals surface area contributed by atoms with Gasteiger partial charge < -0.3 is 15.1 Å². The molecular weight excluding hydrogens is 292 g/mol. The largest absolute Gasteiger partial charge is 0.336 e. The summed E-state index contributed by atoms with van der Waals surface area (Å²) in [6, 6.07) is 3.63. The van der Waals surface area contributed by atoms with E-state index < -0.39 is 0 Å². The first-order valence-corrected chi connectivity index (χ1v) is 8.32. The maximum Gasteiger partial charge on any atom is 0.317 e. The third-order valence-corrected chi connectivity index (χ3v) is 4.12. The van der Waals surface area contributed by atoms with Crippen molar-refractivity contribution < 1.29 is 9.59 Å². The Bertz CT molecular complexity index is 544. The number of rotatable bonds is 5. The summed E-state index contributed by atoms with van der Waals surface area (Å²) < 4.78 is 0. The molecule has 1 aromatic rings. The van der Waals surface area contributed by atoms with Crippen molar-refractivity contribution in [1.29, 1.82) is 0 Å². The van der Waals surface area contributed by atoms with E-state index in [1.54, 1.807) is 22.1 Å². The van der Waals surface area contributed by atoms with E-state index in [1.165, 1.54) is 0 Å². The van der Waals surface area contributed by atoms with Gasteiger partial charge in [0.25, 0.3) is 5.91 Å². The Morgan fingerprint density at radius 2 is 2.17 bits per heavy atom. The smallest absolute Gasteiger partial charge is 0.317 e. The molecule has 0 bridgehead atoms. The standard InChI is InChI=1S/C17H26N4O2/c1-4-9-20(5-2)17(23)19-15-8-10-21(12-15)16(22)14-7-6-13(3)18-11-14/h6-7,11,15H,4-5,8-10,12H2,1-3H3,(H,19,23). The highest BCUT2D eigenvalue weighted by Crippen LogP contribution is 2.14. The van der Waals surface area contributed by atoms with Gasteiger partial charge in [0, 0.05) is 44.1 Å². The normalized spacial score (nSPS) is 17.2. The summed E-state index contributed by atoms with van der Waals surface area (Å²) in [6.45, 7) is 8.60. The topological polar surface area (TPSA) is 65.5 Å². The van der Waals surface area contributed by atoms with Crippen molar-refractivity contribution in [3.63, 3.8) is 0 Å². The molecule has 2 rings (SSSR count). The zero-order chi connectivity index (χ0) is 16.8. The maximum absolute atomic E-state index is 12.4. The van der Waals surface area contributed by atoms with Crippen LogP contribution in [0.5, 0.6) is 0 Å². The second-order valence-corrected chi connectivity index (χ2v) is 5.95. The number of hydrogen-bond donors (Lipinski definition) is 1. The average Bonchev–Trinajstić information content (AvgIpc) is 3.01. The number of carbonyl (C=O) groups is 2. The Labute approximate surface area is 137 Å². The lowest BCUT2D eigenvalue weighted by Gasteiger charge is -2.23. The van der Waals surface area contributed by atoms with Gasteiger partial charge in [-0.2, -0.15) is 0 Å². The Morgan fingerprint density at radius 3 is 2.78 bits per heavy atom. The van der Waals surface area contributed by atoms with Crippen molar-refractivity contribution in [3.8, 4) is 0 Å². The van der Waals surface area contributed by atoms with E-state index in [1.807, 2.05) is 19.9 Å². The second kappa shape index (κ2) is 7.94. The fourth-order valence-electron chi connectivity index (χ4n) is 2.78. The van der Waals surface area contributed by atoms with E-state index >= 15 is 0 Å². The molecule has 3 amide bonds. The van der Waals surface area contributed by atoms with E-state index in [0.29, 0.717) is 25.2 Å². The Kier molecular flexibility index (Phi) is 5.96. The molecule has 0 aliphatic carbocycles. The van der Waals surface area contributed by atoms with Crippen LogP contribution in [0, 0.1) is 6.92 Å². The van der Waals surface area contributed by atoms with Gasteiger partial charge in [0.15, 0.2) is 0 Å². The third kappa shape index (κ3) is 4.43. The number of nitrogens with zero attached hydrogens (tertiary/aromatic N) is 3. The molecule has 0 radical (unpaired) electrons. The number of urea groups is 1. The second-order valence-electron chi connectivity index (χ2n) is 5.95. The fraction of sp³-hybridized carbons (Fsp3) is 0.588. The van der Waals surface area contributed by atoms with Gasteiger partial charge in [-0.1, -0.05) is 6.92 Å². The molecule has 1 aromatic heterocycles. The van der Waals surface area contributed by atoms with Crippen LogP contribution in [0.1, 0.15) is 42.7 Å². The van der Waals surface area contributed by atoms with E-state index in [2.05, 4.69) is 17.2 Å². The molecule has 1 saturated heterocycles. The van der Waals surface area contributed by atoms with E-state index in [0.717, 1.165) is 25.1 Å². The van der Waals surface area contributed by atoms with Crippen molar-refractivity contribution >= 4 is 11.9 Å². The molecule has 6 heteroatoms. The molecule has 1 fully saturated rings. The zero-order valence-electron chi connectivity index (χ0n) is 14.2. The Hall–Kier alpha value is -2.11. The van der Waals surface area contributed by atoms with Gasteiger partial charge in [0.2, 0.25) is 0 Å². The minimum Gasteiger partial charge on any atom is -0.336 e. The van der Waals surface area contributed by atoms with Crippen molar-refractivity contribution in [3.05, 3.63) is 29.6 Å². The van der Waals surface area contributed by atoms with Gasteiger partial charge >= 0.3 is 6.03 Å². The van der Waals surface area contributed by atoms with Crippen molar-refractivity contribution in [1.82, 2.24) is 20.1 Å². The molecule has 126 valence electrons. The molecule has 1 atom stereocenters. The number of aromatic nitrogens is 1. The van der Waals surface area contributed by atoms with Gasteiger partial charge in [-0.25, -0.2) is 4.79 Å². The highest BCUT2D eigenvalue weighted by molar-refractivity contribution is 5.94. The maximum atomic E-state index is 12.4. The van der Waals surface area contributed by atoms with Gasteiger partial charge in [-0.15, -0.1) is 0 Å². The molecule has 0 aromatic carbocycles. The van der Waals surface area contributed by atoms with Crippen LogP contribution in [0.4, 0.5) is 4.79 Å². The Morgan fingerprint density at radius 1 is 1.39 bits per heavy atom. The molecule has 2 heterocycles. The summed E-state index contributed by atoms with van der Waals surface area (Å²) in [6.07, 6.45) is 3.35. The number of aryl methyl sites for hydroxylation is 1. The van der Waals surface area contributed by atoms with Crippen LogP contribution in [0.15, 0.2) is 18.3 Å². The van der Waals surface area contributed by atoms with E-state index in [-0.39, 0.29) is 18.0 Å². The molecule has 1 N–H and O–H groups in total. The third-order valence-electron chi connectivity index (χ3n) is 4.12. The minimum atomic E-state index is -0.0364. The SMILES string of the molecule is CCCN(CC)C(=O)NC1CCN(C(=O)c2ccc(C)nc2)C1. The van der Waals surface area contributed by atoms with Crippen LogP contribution in [-0.2, 0) is 0 Å². The molecule has 6 nitrogen and oxygen atoms in total. The van der Waals surface area contributed by atoms with Gasteiger partial charge in [-0.3, -0.25) is 9.78 Å². The number of nitrogens with one attached hydrogen (secondary N) is 1. The lowest BCUT2D eigenvalue weighted by Crippen LogP contribution is -2.46. The fourth-order valence-corrected chi connectivity index (χ4v) is 2.78. The summed E-state index contributed by atoms with van der Waals surface area (Å²) in [7, 11) is 0. The van der Waals surface area contributed by atoms with Crippen LogP contribution < -0.4 is 5.32 Å². The van der Waals surface area contributed by atoms with Crippen molar-refractivity contribution in [2.45, 2.75) is 39.7 Å².